The number of thioether (sulfide) groups is 2. The van der Waals surface area contributed by atoms with E-state index in [-0.39, 0.29) is 5.91 Å². The Bertz CT molecular complexity index is 827. The molecule has 1 amide bonds. The molecule has 2 aromatic carbocycles. The Hall–Kier alpha value is -1.50. The second-order valence-electron chi connectivity index (χ2n) is 4.93. The smallest absolute Gasteiger partial charge is 0.230 e. The van der Waals surface area contributed by atoms with Gasteiger partial charge in [0.25, 0.3) is 0 Å². The van der Waals surface area contributed by atoms with Crippen LogP contribution in [0.5, 0.6) is 0 Å². The standard InChI is InChI=1S/C17H16N2OS3/c1-21-12-5-3-11(4-6-12)9-16(20)19-17-18-14-8-7-13(22-2)10-15(14)23-17/h3-8,10H,9H2,1-2H3,(H,18,19,20). The summed E-state index contributed by atoms with van der Waals surface area (Å²) in [5.74, 6) is -0.0361. The molecule has 0 atom stereocenters. The lowest BCUT2D eigenvalue weighted by atomic mass is 10.1. The molecule has 3 aromatic rings. The van der Waals surface area contributed by atoms with Gasteiger partial charge < -0.3 is 5.32 Å². The van der Waals surface area contributed by atoms with Crippen LogP contribution in [0, 0.1) is 0 Å². The van der Waals surface area contributed by atoms with Gasteiger partial charge in [0.1, 0.15) is 0 Å². The maximum Gasteiger partial charge on any atom is 0.230 e. The number of thiazole rings is 1. The molecule has 3 nitrogen and oxygen atoms in total. The SMILES string of the molecule is CSc1ccc(CC(=O)Nc2nc3ccc(SC)cc3s2)cc1. The normalized spacial score (nSPS) is 10.9. The van der Waals surface area contributed by atoms with Gasteiger partial charge in [0.05, 0.1) is 16.6 Å². The van der Waals surface area contributed by atoms with E-state index >= 15 is 0 Å². The lowest BCUT2D eigenvalue weighted by Gasteiger charge is -2.03. The Morgan fingerprint density at radius 3 is 2.48 bits per heavy atom. The second kappa shape index (κ2) is 7.38. The largest absolute Gasteiger partial charge is 0.302 e. The second-order valence-corrected chi connectivity index (χ2v) is 7.72. The summed E-state index contributed by atoms with van der Waals surface area (Å²) in [6, 6.07) is 14.2. The highest BCUT2D eigenvalue weighted by atomic mass is 32.2. The van der Waals surface area contributed by atoms with Gasteiger partial charge in [-0.3, -0.25) is 4.79 Å². The molecule has 1 N–H and O–H groups in total. The molecular formula is C17H16N2OS3. The third kappa shape index (κ3) is 4.07. The van der Waals surface area contributed by atoms with E-state index in [1.807, 2.05) is 48.9 Å². The minimum atomic E-state index is -0.0361. The Morgan fingerprint density at radius 2 is 1.78 bits per heavy atom. The Balaban J connectivity index is 1.69. The van der Waals surface area contributed by atoms with Gasteiger partial charge in [0.2, 0.25) is 5.91 Å². The van der Waals surface area contributed by atoms with Crippen molar-refractivity contribution in [1.29, 1.82) is 0 Å². The fourth-order valence-corrected chi connectivity index (χ4v) is 4.02. The average Bonchev–Trinajstić information content (AvgIpc) is 2.96. The molecule has 3 rings (SSSR count). The number of carbonyl (C=O) groups excluding carboxylic acids is 1. The zero-order valence-corrected chi connectivity index (χ0v) is 15.3. The van der Waals surface area contributed by atoms with Gasteiger partial charge >= 0.3 is 0 Å². The number of hydrogen-bond acceptors (Lipinski definition) is 5. The first-order valence-electron chi connectivity index (χ1n) is 7.05. The monoisotopic (exact) mass is 360 g/mol. The van der Waals surface area contributed by atoms with Crippen molar-refractivity contribution in [2.24, 2.45) is 0 Å². The van der Waals surface area contributed by atoms with Crippen molar-refractivity contribution in [2.45, 2.75) is 16.2 Å². The summed E-state index contributed by atoms with van der Waals surface area (Å²) in [4.78, 5) is 19.1. The molecule has 0 unspecified atom stereocenters. The fraction of sp³-hybridized carbons (Fsp3) is 0.176. The fourth-order valence-electron chi connectivity index (χ4n) is 2.18. The minimum absolute atomic E-state index is 0.0361. The summed E-state index contributed by atoms with van der Waals surface area (Å²) < 4.78 is 1.09. The van der Waals surface area contributed by atoms with Crippen molar-refractivity contribution < 1.29 is 4.79 Å². The van der Waals surface area contributed by atoms with Crippen molar-refractivity contribution in [1.82, 2.24) is 4.98 Å². The maximum absolute atomic E-state index is 12.2. The highest BCUT2D eigenvalue weighted by Gasteiger charge is 2.09. The molecular weight excluding hydrogens is 344 g/mol. The number of rotatable bonds is 5. The van der Waals surface area contributed by atoms with Crippen molar-refractivity contribution in [2.75, 3.05) is 17.8 Å². The lowest BCUT2D eigenvalue weighted by Crippen LogP contribution is -2.14. The Labute approximate surface area is 147 Å². The third-order valence-corrected chi connectivity index (χ3v) is 5.77. The third-order valence-electron chi connectivity index (χ3n) is 3.37. The number of hydrogen-bond donors (Lipinski definition) is 1. The number of anilines is 1. The first kappa shape index (κ1) is 16.4. The van der Waals surface area contributed by atoms with Crippen LogP contribution in [0.4, 0.5) is 5.13 Å². The summed E-state index contributed by atoms with van der Waals surface area (Å²) in [7, 11) is 0. The van der Waals surface area contributed by atoms with Crippen LogP contribution in [0.2, 0.25) is 0 Å². The highest BCUT2D eigenvalue weighted by Crippen LogP contribution is 2.29. The molecule has 0 spiro atoms. The number of fused-ring (bicyclic) bond motifs is 1. The number of carbonyl (C=O) groups is 1. The van der Waals surface area contributed by atoms with Crippen molar-refractivity contribution in [3.05, 3.63) is 48.0 Å². The minimum Gasteiger partial charge on any atom is -0.302 e. The van der Waals surface area contributed by atoms with E-state index in [1.54, 1.807) is 23.5 Å². The zero-order chi connectivity index (χ0) is 16.2. The number of benzene rings is 2. The molecule has 0 bridgehead atoms. The molecule has 0 aliphatic heterocycles. The molecule has 23 heavy (non-hydrogen) atoms. The number of nitrogens with one attached hydrogen (secondary N) is 1. The summed E-state index contributed by atoms with van der Waals surface area (Å²) in [6.45, 7) is 0. The zero-order valence-electron chi connectivity index (χ0n) is 12.8. The average molecular weight is 361 g/mol. The van der Waals surface area contributed by atoms with E-state index in [1.165, 1.54) is 21.1 Å². The molecule has 118 valence electrons. The van der Waals surface area contributed by atoms with Crippen LogP contribution in [0.1, 0.15) is 5.56 Å². The molecule has 1 aromatic heterocycles. The van der Waals surface area contributed by atoms with Gasteiger partial charge in [-0.05, 0) is 48.4 Å². The topological polar surface area (TPSA) is 42.0 Å². The van der Waals surface area contributed by atoms with Gasteiger partial charge in [0, 0.05) is 9.79 Å². The van der Waals surface area contributed by atoms with E-state index in [0.29, 0.717) is 11.6 Å². The van der Waals surface area contributed by atoms with Crippen LogP contribution in [-0.4, -0.2) is 23.4 Å². The molecule has 6 heteroatoms. The molecule has 0 saturated carbocycles. The highest BCUT2D eigenvalue weighted by molar-refractivity contribution is 7.98. The Morgan fingerprint density at radius 1 is 1.09 bits per heavy atom. The number of nitrogens with zero attached hydrogens (tertiary/aromatic N) is 1. The van der Waals surface area contributed by atoms with E-state index in [4.69, 9.17) is 0 Å². The van der Waals surface area contributed by atoms with Crippen LogP contribution in [-0.2, 0) is 11.2 Å². The number of amides is 1. The van der Waals surface area contributed by atoms with Crippen molar-refractivity contribution >= 4 is 56.1 Å². The predicted molar refractivity (Wildman–Crippen MR) is 102 cm³/mol. The Kier molecular flexibility index (Phi) is 5.25. The molecule has 0 fully saturated rings. The quantitative estimate of drug-likeness (QED) is 0.656. The van der Waals surface area contributed by atoms with Crippen LogP contribution >= 0.6 is 34.9 Å². The first-order valence-corrected chi connectivity index (χ1v) is 10.3. The lowest BCUT2D eigenvalue weighted by molar-refractivity contribution is -0.115. The van der Waals surface area contributed by atoms with E-state index in [0.717, 1.165) is 15.8 Å². The van der Waals surface area contributed by atoms with Crippen LogP contribution in [0.3, 0.4) is 0 Å². The molecule has 1 heterocycles. The molecule has 0 aliphatic carbocycles. The van der Waals surface area contributed by atoms with Crippen LogP contribution < -0.4 is 5.32 Å². The van der Waals surface area contributed by atoms with Gasteiger partial charge in [-0.25, -0.2) is 4.98 Å². The van der Waals surface area contributed by atoms with E-state index in [2.05, 4.69) is 16.4 Å². The summed E-state index contributed by atoms with van der Waals surface area (Å²) in [6.07, 6.45) is 4.45. The van der Waals surface area contributed by atoms with Crippen LogP contribution in [0.15, 0.2) is 52.3 Å². The summed E-state index contributed by atoms with van der Waals surface area (Å²) in [5.41, 5.74) is 1.93. The van der Waals surface area contributed by atoms with Gasteiger partial charge in [-0.15, -0.1) is 23.5 Å². The van der Waals surface area contributed by atoms with E-state index in [9.17, 15) is 4.79 Å². The summed E-state index contributed by atoms with van der Waals surface area (Å²) in [5, 5.41) is 3.56. The van der Waals surface area contributed by atoms with Crippen LogP contribution in [0.25, 0.3) is 10.2 Å². The van der Waals surface area contributed by atoms with Gasteiger partial charge in [-0.1, -0.05) is 23.5 Å². The van der Waals surface area contributed by atoms with Crippen molar-refractivity contribution in [3.63, 3.8) is 0 Å². The maximum atomic E-state index is 12.2. The van der Waals surface area contributed by atoms with E-state index < -0.39 is 0 Å². The molecule has 0 saturated heterocycles. The van der Waals surface area contributed by atoms with Gasteiger partial charge in [0.15, 0.2) is 5.13 Å². The molecule has 0 aliphatic rings. The summed E-state index contributed by atoms with van der Waals surface area (Å²) >= 11 is 4.91. The van der Waals surface area contributed by atoms with Crippen molar-refractivity contribution in [3.8, 4) is 0 Å². The van der Waals surface area contributed by atoms with Gasteiger partial charge in [-0.2, -0.15) is 0 Å². The first-order chi connectivity index (χ1) is 11.2. The number of aromatic nitrogens is 1. The predicted octanol–water partition coefficient (Wildman–Crippen LogP) is 4.92. The molecule has 0 radical (unpaired) electrons.